The molecule has 0 saturated heterocycles. The predicted molar refractivity (Wildman–Crippen MR) is 78.9 cm³/mol. The quantitative estimate of drug-likeness (QED) is 0.854. The Labute approximate surface area is 124 Å². The number of thiazole rings is 1. The predicted octanol–water partition coefficient (Wildman–Crippen LogP) is 3.27. The smallest absolute Gasteiger partial charge is 0.251 e. The van der Waals surface area contributed by atoms with Gasteiger partial charge in [-0.15, -0.1) is 11.3 Å². The van der Waals surface area contributed by atoms with Crippen LogP contribution < -0.4 is 11.1 Å². The van der Waals surface area contributed by atoms with Crippen molar-refractivity contribution in [1.29, 1.82) is 0 Å². The zero-order valence-electron chi connectivity index (χ0n) is 10.0. The molecule has 0 spiro atoms. The van der Waals surface area contributed by atoms with E-state index in [-0.39, 0.29) is 21.6 Å². The van der Waals surface area contributed by atoms with E-state index in [1.807, 2.05) is 12.3 Å². The van der Waals surface area contributed by atoms with E-state index in [9.17, 15) is 4.79 Å². The number of nitrogens with zero attached hydrogens (tertiary/aromatic N) is 1. The van der Waals surface area contributed by atoms with Crippen molar-refractivity contribution in [2.45, 2.75) is 13.5 Å². The zero-order chi connectivity index (χ0) is 14.0. The molecule has 1 heterocycles. The van der Waals surface area contributed by atoms with Crippen LogP contribution in [-0.4, -0.2) is 10.9 Å². The molecule has 2 rings (SSSR count). The van der Waals surface area contributed by atoms with E-state index in [1.165, 1.54) is 23.5 Å². The number of nitrogens with one attached hydrogen (secondary N) is 1. The number of halogens is 2. The number of aromatic nitrogens is 1. The topological polar surface area (TPSA) is 68.0 Å². The maximum absolute atomic E-state index is 11.9. The van der Waals surface area contributed by atoms with Gasteiger partial charge in [-0.2, -0.15) is 0 Å². The molecule has 100 valence electrons. The Bertz CT molecular complexity index is 604. The van der Waals surface area contributed by atoms with Crippen LogP contribution in [0.5, 0.6) is 0 Å². The number of nitrogens with two attached hydrogens (primary N) is 1. The molecule has 7 heteroatoms. The first-order valence-electron chi connectivity index (χ1n) is 5.41. The van der Waals surface area contributed by atoms with Gasteiger partial charge in [0, 0.05) is 10.9 Å². The van der Waals surface area contributed by atoms with E-state index in [0.717, 1.165) is 10.7 Å². The number of benzene rings is 1. The molecule has 0 unspecified atom stereocenters. The summed E-state index contributed by atoms with van der Waals surface area (Å²) in [6.07, 6.45) is 0. The summed E-state index contributed by atoms with van der Waals surface area (Å²) in [5, 5.41) is 6.14. The van der Waals surface area contributed by atoms with Gasteiger partial charge in [0.1, 0.15) is 0 Å². The number of rotatable bonds is 3. The van der Waals surface area contributed by atoms with Gasteiger partial charge in [-0.1, -0.05) is 23.2 Å². The summed E-state index contributed by atoms with van der Waals surface area (Å²) < 4.78 is 0. The molecule has 1 amide bonds. The lowest BCUT2D eigenvalue weighted by atomic mass is 10.2. The highest BCUT2D eigenvalue weighted by molar-refractivity contribution is 7.09. The standard InChI is InChI=1S/C12H11Cl2N3OS/c1-6-17-8(5-19-6)4-16-12(18)7-2-9(13)11(15)10(14)3-7/h2-3,5H,4,15H2,1H3,(H,16,18). The summed E-state index contributed by atoms with van der Waals surface area (Å²) in [5.41, 5.74) is 7.08. The average Bonchev–Trinajstić information content (AvgIpc) is 2.78. The SMILES string of the molecule is Cc1nc(CNC(=O)c2cc(Cl)c(N)c(Cl)c2)cs1. The highest BCUT2D eigenvalue weighted by Crippen LogP contribution is 2.28. The summed E-state index contributed by atoms with van der Waals surface area (Å²) >= 11 is 13.3. The minimum Gasteiger partial charge on any atom is -0.396 e. The number of hydrogen-bond donors (Lipinski definition) is 2. The zero-order valence-corrected chi connectivity index (χ0v) is 12.4. The monoisotopic (exact) mass is 315 g/mol. The first-order chi connectivity index (χ1) is 8.97. The fraction of sp³-hybridized carbons (Fsp3) is 0.167. The second-order valence-corrected chi connectivity index (χ2v) is 5.77. The van der Waals surface area contributed by atoms with Gasteiger partial charge in [-0.3, -0.25) is 4.79 Å². The first-order valence-corrected chi connectivity index (χ1v) is 7.04. The Morgan fingerprint density at radius 1 is 1.42 bits per heavy atom. The van der Waals surface area contributed by atoms with E-state index in [0.29, 0.717) is 12.1 Å². The molecule has 0 aliphatic heterocycles. The van der Waals surface area contributed by atoms with Crippen molar-refractivity contribution in [3.63, 3.8) is 0 Å². The van der Waals surface area contributed by atoms with Crippen molar-refractivity contribution in [3.05, 3.63) is 43.8 Å². The molecule has 0 aliphatic rings. The second kappa shape index (κ2) is 5.77. The summed E-state index contributed by atoms with van der Waals surface area (Å²) in [7, 11) is 0. The highest BCUT2D eigenvalue weighted by Gasteiger charge is 2.11. The lowest BCUT2D eigenvalue weighted by molar-refractivity contribution is 0.0950. The van der Waals surface area contributed by atoms with Crippen molar-refractivity contribution in [1.82, 2.24) is 10.3 Å². The summed E-state index contributed by atoms with van der Waals surface area (Å²) in [6, 6.07) is 2.98. The number of anilines is 1. The van der Waals surface area contributed by atoms with E-state index < -0.39 is 0 Å². The Hall–Kier alpha value is -1.30. The maximum Gasteiger partial charge on any atom is 0.251 e. The van der Waals surface area contributed by atoms with Crippen LogP contribution in [0.15, 0.2) is 17.5 Å². The van der Waals surface area contributed by atoms with Crippen molar-refractivity contribution in [3.8, 4) is 0 Å². The second-order valence-electron chi connectivity index (χ2n) is 3.89. The molecule has 1 aromatic carbocycles. The number of nitrogen functional groups attached to an aromatic ring is 1. The third kappa shape index (κ3) is 3.37. The summed E-state index contributed by atoms with van der Waals surface area (Å²) in [6.45, 7) is 2.28. The molecule has 0 bridgehead atoms. The molecule has 0 fully saturated rings. The summed E-state index contributed by atoms with van der Waals surface area (Å²) in [4.78, 5) is 16.2. The molecular formula is C12H11Cl2N3OS. The van der Waals surface area contributed by atoms with Crippen LogP contribution in [0, 0.1) is 6.92 Å². The van der Waals surface area contributed by atoms with Crippen LogP contribution in [0.25, 0.3) is 0 Å². The van der Waals surface area contributed by atoms with Crippen molar-refractivity contribution < 1.29 is 4.79 Å². The first kappa shape index (κ1) is 14.1. The van der Waals surface area contributed by atoms with Crippen LogP contribution >= 0.6 is 34.5 Å². The van der Waals surface area contributed by atoms with Crippen molar-refractivity contribution in [2.75, 3.05) is 5.73 Å². The normalized spacial score (nSPS) is 10.5. The van der Waals surface area contributed by atoms with Crippen LogP contribution in [0.2, 0.25) is 10.0 Å². The molecule has 2 aromatic rings. The fourth-order valence-electron chi connectivity index (χ4n) is 1.48. The third-order valence-corrected chi connectivity index (χ3v) is 3.89. The van der Waals surface area contributed by atoms with Gasteiger partial charge in [0.2, 0.25) is 0 Å². The number of hydrogen-bond acceptors (Lipinski definition) is 4. The average molecular weight is 316 g/mol. The minimum absolute atomic E-state index is 0.266. The van der Waals surface area contributed by atoms with Crippen molar-refractivity contribution >= 4 is 46.1 Å². The van der Waals surface area contributed by atoms with Crippen LogP contribution in [-0.2, 0) is 6.54 Å². The maximum atomic E-state index is 11.9. The Morgan fingerprint density at radius 2 is 2.05 bits per heavy atom. The molecule has 0 atom stereocenters. The molecular weight excluding hydrogens is 305 g/mol. The van der Waals surface area contributed by atoms with E-state index in [2.05, 4.69) is 10.3 Å². The number of carbonyl (C=O) groups excluding carboxylic acids is 1. The van der Waals surface area contributed by atoms with E-state index >= 15 is 0 Å². The minimum atomic E-state index is -0.269. The molecule has 19 heavy (non-hydrogen) atoms. The fourth-order valence-corrected chi connectivity index (χ4v) is 2.58. The van der Waals surface area contributed by atoms with Crippen molar-refractivity contribution in [2.24, 2.45) is 0 Å². The molecule has 0 saturated carbocycles. The number of aryl methyl sites for hydroxylation is 1. The van der Waals surface area contributed by atoms with Gasteiger partial charge in [-0.05, 0) is 19.1 Å². The Kier molecular flexibility index (Phi) is 4.29. The van der Waals surface area contributed by atoms with E-state index in [1.54, 1.807) is 0 Å². The van der Waals surface area contributed by atoms with Crippen LogP contribution in [0.4, 0.5) is 5.69 Å². The van der Waals surface area contributed by atoms with Gasteiger partial charge in [0.05, 0.1) is 33.0 Å². The number of carbonyl (C=O) groups is 1. The van der Waals surface area contributed by atoms with Gasteiger partial charge in [0.15, 0.2) is 0 Å². The largest absolute Gasteiger partial charge is 0.396 e. The van der Waals surface area contributed by atoms with E-state index in [4.69, 9.17) is 28.9 Å². The molecule has 1 aromatic heterocycles. The molecule has 3 N–H and O–H groups in total. The lowest BCUT2D eigenvalue weighted by Crippen LogP contribution is -2.23. The van der Waals surface area contributed by atoms with Gasteiger partial charge >= 0.3 is 0 Å². The molecule has 0 aliphatic carbocycles. The van der Waals surface area contributed by atoms with Gasteiger partial charge in [-0.25, -0.2) is 4.98 Å². The molecule has 0 radical (unpaired) electrons. The van der Waals surface area contributed by atoms with Gasteiger partial charge in [0.25, 0.3) is 5.91 Å². The van der Waals surface area contributed by atoms with Gasteiger partial charge < -0.3 is 11.1 Å². The Morgan fingerprint density at radius 3 is 2.58 bits per heavy atom. The lowest BCUT2D eigenvalue weighted by Gasteiger charge is -2.07. The molecule has 4 nitrogen and oxygen atoms in total. The summed E-state index contributed by atoms with van der Waals surface area (Å²) in [5.74, 6) is -0.269. The number of amides is 1. The van der Waals surface area contributed by atoms with Crippen LogP contribution in [0.3, 0.4) is 0 Å². The third-order valence-electron chi connectivity index (χ3n) is 2.44. The van der Waals surface area contributed by atoms with Crippen LogP contribution in [0.1, 0.15) is 21.1 Å². The Balaban J connectivity index is 2.08. The highest BCUT2D eigenvalue weighted by atomic mass is 35.5.